The summed E-state index contributed by atoms with van der Waals surface area (Å²) in [6.45, 7) is 2.34. The third-order valence-electron chi connectivity index (χ3n) is 5.98. The van der Waals surface area contributed by atoms with Crippen LogP contribution < -0.4 is 10.2 Å². The molecule has 1 aliphatic carbocycles. The summed E-state index contributed by atoms with van der Waals surface area (Å²) in [6, 6.07) is 16.5. The fourth-order valence-corrected chi connectivity index (χ4v) is 4.28. The molecule has 29 heavy (non-hydrogen) atoms. The van der Waals surface area contributed by atoms with Crippen molar-refractivity contribution in [3.63, 3.8) is 0 Å². The van der Waals surface area contributed by atoms with Crippen molar-refractivity contribution in [1.29, 1.82) is 0 Å². The van der Waals surface area contributed by atoms with Gasteiger partial charge < -0.3 is 10.2 Å². The van der Waals surface area contributed by atoms with E-state index in [0.717, 1.165) is 19.3 Å². The van der Waals surface area contributed by atoms with Gasteiger partial charge in [0.1, 0.15) is 12.2 Å². The molecular weight excluding hydrogens is 367 g/mol. The number of fused-ring (bicyclic) bond motifs is 1. The molecule has 0 spiro atoms. The summed E-state index contributed by atoms with van der Waals surface area (Å²) < 4.78 is 14.0. The lowest BCUT2D eigenvalue weighted by molar-refractivity contribution is -0.123. The molecule has 5 heteroatoms. The summed E-state index contributed by atoms with van der Waals surface area (Å²) in [4.78, 5) is 27.7. The SMILES string of the molecule is CC1C(=O)c2ccccc2N(C2CC2F)C1C(=O)NCCCCc1ccccc1. The van der Waals surface area contributed by atoms with Crippen molar-refractivity contribution in [2.75, 3.05) is 11.4 Å². The van der Waals surface area contributed by atoms with Gasteiger partial charge in [0.05, 0.1) is 6.04 Å². The van der Waals surface area contributed by atoms with E-state index in [0.29, 0.717) is 24.2 Å². The van der Waals surface area contributed by atoms with E-state index in [9.17, 15) is 14.0 Å². The average Bonchev–Trinajstić information content (AvgIpc) is 3.46. The van der Waals surface area contributed by atoms with Gasteiger partial charge in [-0.2, -0.15) is 0 Å². The van der Waals surface area contributed by atoms with Crippen LogP contribution in [0.4, 0.5) is 10.1 Å². The summed E-state index contributed by atoms with van der Waals surface area (Å²) in [7, 11) is 0. The van der Waals surface area contributed by atoms with Crippen LogP contribution in [0.15, 0.2) is 54.6 Å². The van der Waals surface area contributed by atoms with E-state index in [1.54, 1.807) is 13.0 Å². The van der Waals surface area contributed by atoms with Crippen LogP contribution in [0.5, 0.6) is 0 Å². The Morgan fingerprint density at radius 3 is 2.52 bits per heavy atom. The Bertz CT molecular complexity index is 885. The molecule has 0 saturated heterocycles. The number of rotatable bonds is 7. The second-order valence-electron chi connectivity index (χ2n) is 8.07. The summed E-state index contributed by atoms with van der Waals surface area (Å²) in [5.41, 5.74) is 2.56. The van der Waals surface area contributed by atoms with Crippen LogP contribution in [0.2, 0.25) is 0 Å². The Morgan fingerprint density at radius 2 is 1.79 bits per heavy atom. The number of Topliss-reactive ketones (excluding diaryl/α,β-unsaturated/α-hetero) is 1. The molecule has 4 atom stereocenters. The van der Waals surface area contributed by atoms with Crippen molar-refractivity contribution in [2.24, 2.45) is 5.92 Å². The zero-order valence-corrected chi connectivity index (χ0v) is 16.7. The molecule has 1 amide bonds. The fourth-order valence-electron chi connectivity index (χ4n) is 4.28. The van der Waals surface area contributed by atoms with E-state index in [1.165, 1.54) is 5.56 Å². The standard InChI is InChI=1S/C24H27FN2O2/c1-16-22(24(29)26-14-8-7-11-17-9-3-2-4-10-17)27(21-15-19(21)25)20-13-6-5-12-18(20)23(16)28/h2-6,9-10,12-13,16,19,21-22H,7-8,11,14-15H2,1H3,(H,26,29). The number of aryl methyl sites for hydroxylation is 1. The molecule has 2 aromatic carbocycles. The van der Waals surface area contributed by atoms with E-state index >= 15 is 0 Å². The smallest absolute Gasteiger partial charge is 0.243 e. The number of amides is 1. The molecule has 0 bridgehead atoms. The summed E-state index contributed by atoms with van der Waals surface area (Å²) in [6.07, 6.45) is 2.28. The van der Waals surface area contributed by atoms with Gasteiger partial charge in [0.2, 0.25) is 5.91 Å². The zero-order valence-electron chi connectivity index (χ0n) is 16.7. The number of ketones is 1. The molecule has 4 nitrogen and oxygen atoms in total. The number of carbonyl (C=O) groups is 2. The van der Waals surface area contributed by atoms with Gasteiger partial charge in [-0.05, 0) is 37.0 Å². The van der Waals surface area contributed by atoms with Gasteiger partial charge >= 0.3 is 0 Å². The average molecular weight is 394 g/mol. The Hall–Kier alpha value is -2.69. The second kappa shape index (κ2) is 8.36. The highest BCUT2D eigenvalue weighted by atomic mass is 19.1. The molecule has 0 radical (unpaired) electrons. The summed E-state index contributed by atoms with van der Waals surface area (Å²) >= 11 is 0. The number of anilines is 1. The van der Waals surface area contributed by atoms with Crippen LogP contribution in [0.3, 0.4) is 0 Å². The van der Waals surface area contributed by atoms with Gasteiger partial charge in [-0.3, -0.25) is 9.59 Å². The molecule has 1 heterocycles. The first kappa shape index (κ1) is 19.6. The van der Waals surface area contributed by atoms with Crippen LogP contribution in [-0.4, -0.2) is 36.5 Å². The largest absolute Gasteiger partial charge is 0.354 e. The van der Waals surface area contributed by atoms with Gasteiger partial charge in [0.15, 0.2) is 5.78 Å². The summed E-state index contributed by atoms with van der Waals surface area (Å²) in [5.74, 6) is -0.724. The molecule has 1 saturated carbocycles. The quantitative estimate of drug-likeness (QED) is 0.724. The number of benzene rings is 2. The Labute approximate surface area is 171 Å². The number of nitrogens with zero attached hydrogens (tertiary/aromatic N) is 1. The van der Waals surface area contributed by atoms with Crippen LogP contribution in [0.1, 0.15) is 42.1 Å². The van der Waals surface area contributed by atoms with Crippen LogP contribution in [0.25, 0.3) is 0 Å². The molecule has 2 aliphatic rings. The highest BCUT2D eigenvalue weighted by Crippen LogP contribution is 2.43. The molecular formula is C24H27FN2O2. The third-order valence-corrected chi connectivity index (χ3v) is 5.98. The van der Waals surface area contributed by atoms with Crippen molar-refractivity contribution in [3.8, 4) is 0 Å². The van der Waals surface area contributed by atoms with Crippen molar-refractivity contribution in [2.45, 2.75) is 50.9 Å². The number of halogens is 1. The van der Waals surface area contributed by atoms with Crippen LogP contribution in [-0.2, 0) is 11.2 Å². The molecule has 2 aromatic rings. The molecule has 4 unspecified atom stereocenters. The van der Waals surface area contributed by atoms with E-state index in [-0.39, 0.29) is 17.7 Å². The van der Waals surface area contributed by atoms with Crippen molar-refractivity contribution >= 4 is 17.4 Å². The van der Waals surface area contributed by atoms with Gasteiger partial charge in [-0.25, -0.2) is 4.39 Å². The van der Waals surface area contributed by atoms with E-state index < -0.39 is 18.1 Å². The third kappa shape index (κ3) is 4.04. The molecule has 1 N–H and O–H groups in total. The number of unbranched alkanes of at least 4 members (excludes halogenated alkanes) is 1. The van der Waals surface area contributed by atoms with E-state index in [4.69, 9.17) is 0 Å². The maximum Gasteiger partial charge on any atom is 0.243 e. The Balaban J connectivity index is 1.40. The van der Waals surface area contributed by atoms with Gasteiger partial charge in [-0.1, -0.05) is 49.4 Å². The minimum atomic E-state index is -0.940. The monoisotopic (exact) mass is 394 g/mol. The first-order valence-corrected chi connectivity index (χ1v) is 10.4. The van der Waals surface area contributed by atoms with E-state index in [1.807, 2.05) is 41.3 Å². The van der Waals surface area contributed by atoms with Crippen molar-refractivity contribution < 1.29 is 14.0 Å². The molecule has 1 fully saturated rings. The van der Waals surface area contributed by atoms with Crippen molar-refractivity contribution in [1.82, 2.24) is 5.32 Å². The lowest BCUT2D eigenvalue weighted by Crippen LogP contribution is -2.56. The predicted molar refractivity (Wildman–Crippen MR) is 112 cm³/mol. The van der Waals surface area contributed by atoms with Crippen LogP contribution >= 0.6 is 0 Å². The lowest BCUT2D eigenvalue weighted by Gasteiger charge is -2.41. The number of alkyl halides is 1. The summed E-state index contributed by atoms with van der Waals surface area (Å²) in [5, 5.41) is 2.99. The van der Waals surface area contributed by atoms with Gasteiger partial charge in [-0.15, -0.1) is 0 Å². The minimum Gasteiger partial charge on any atom is -0.354 e. The van der Waals surface area contributed by atoms with E-state index in [2.05, 4.69) is 17.4 Å². The van der Waals surface area contributed by atoms with Crippen molar-refractivity contribution in [3.05, 3.63) is 65.7 Å². The highest BCUT2D eigenvalue weighted by Gasteiger charge is 2.52. The number of nitrogens with one attached hydrogen (secondary N) is 1. The molecule has 152 valence electrons. The maximum atomic E-state index is 14.0. The Morgan fingerprint density at radius 1 is 1.10 bits per heavy atom. The topological polar surface area (TPSA) is 49.4 Å². The first-order valence-electron chi connectivity index (χ1n) is 10.4. The number of para-hydroxylation sites is 1. The molecule has 4 rings (SSSR count). The highest BCUT2D eigenvalue weighted by molar-refractivity contribution is 6.09. The van der Waals surface area contributed by atoms with Crippen LogP contribution in [0, 0.1) is 5.92 Å². The molecule has 0 aromatic heterocycles. The number of hydrogen-bond donors (Lipinski definition) is 1. The van der Waals surface area contributed by atoms with Gasteiger partial charge in [0, 0.05) is 30.1 Å². The zero-order chi connectivity index (χ0) is 20.4. The number of carbonyl (C=O) groups excluding carboxylic acids is 2. The second-order valence-corrected chi connectivity index (χ2v) is 8.07. The Kier molecular flexibility index (Phi) is 5.65. The van der Waals surface area contributed by atoms with Gasteiger partial charge in [0.25, 0.3) is 0 Å². The predicted octanol–water partition coefficient (Wildman–Crippen LogP) is 3.94. The fraction of sp³-hybridized carbons (Fsp3) is 0.417. The first-order chi connectivity index (χ1) is 14.1. The maximum absolute atomic E-state index is 14.0. The number of hydrogen-bond acceptors (Lipinski definition) is 3. The minimum absolute atomic E-state index is 0.0443. The normalized spacial score (nSPS) is 25.4. The lowest BCUT2D eigenvalue weighted by atomic mass is 9.84. The molecule has 1 aliphatic heterocycles.